The Morgan fingerprint density at radius 2 is 2.25 bits per heavy atom. The fourth-order valence-electron chi connectivity index (χ4n) is 1.18. The summed E-state index contributed by atoms with van der Waals surface area (Å²) in [6.07, 6.45) is 3.52. The van der Waals surface area contributed by atoms with Gasteiger partial charge in [0.05, 0.1) is 11.3 Å². The van der Waals surface area contributed by atoms with Crippen LogP contribution in [-0.4, -0.2) is 35.3 Å². The summed E-state index contributed by atoms with van der Waals surface area (Å²) in [5, 5.41) is 2.48. The van der Waals surface area contributed by atoms with E-state index in [4.69, 9.17) is 0 Å². The summed E-state index contributed by atoms with van der Waals surface area (Å²) in [4.78, 5) is 27.9. The molecule has 0 unspecified atom stereocenters. The Bertz CT molecular complexity index is 391. The van der Waals surface area contributed by atoms with Crippen LogP contribution in [0.2, 0.25) is 0 Å². The molecule has 1 aromatic heterocycles. The topological polar surface area (TPSA) is 62.3 Å². The van der Waals surface area contributed by atoms with E-state index >= 15 is 0 Å². The number of rotatable bonds is 4. The molecule has 5 heteroatoms. The van der Waals surface area contributed by atoms with Gasteiger partial charge in [0.15, 0.2) is 0 Å². The highest BCUT2D eigenvalue weighted by molar-refractivity contribution is 6.00. The summed E-state index contributed by atoms with van der Waals surface area (Å²) >= 11 is 0. The van der Waals surface area contributed by atoms with Gasteiger partial charge < -0.3 is 10.2 Å². The van der Waals surface area contributed by atoms with E-state index in [9.17, 15) is 9.59 Å². The molecule has 1 aromatic rings. The van der Waals surface area contributed by atoms with Crippen molar-refractivity contribution in [2.45, 2.75) is 19.9 Å². The van der Waals surface area contributed by atoms with E-state index in [0.717, 1.165) is 0 Å². The summed E-state index contributed by atoms with van der Waals surface area (Å²) < 4.78 is 0. The number of nitrogens with one attached hydrogen (secondary N) is 1. The van der Waals surface area contributed by atoms with Gasteiger partial charge in [0.2, 0.25) is 6.41 Å². The first-order chi connectivity index (χ1) is 7.57. The molecule has 1 heterocycles. The van der Waals surface area contributed by atoms with Gasteiger partial charge in [0.25, 0.3) is 5.91 Å². The number of amides is 2. The van der Waals surface area contributed by atoms with E-state index in [1.165, 1.54) is 12.4 Å². The lowest BCUT2D eigenvalue weighted by molar-refractivity contribution is -0.105. The van der Waals surface area contributed by atoms with Crippen molar-refractivity contribution in [1.82, 2.24) is 9.88 Å². The molecular formula is C11H15N3O2. The predicted molar refractivity (Wildman–Crippen MR) is 61.2 cm³/mol. The van der Waals surface area contributed by atoms with Crippen LogP contribution in [0.1, 0.15) is 24.2 Å². The molecule has 0 atom stereocenters. The molecule has 0 aliphatic carbocycles. The summed E-state index contributed by atoms with van der Waals surface area (Å²) in [5.41, 5.74) is 0.869. The molecule has 0 saturated carbocycles. The molecule has 1 N–H and O–H groups in total. The third-order valence-corrected chi connectivity index (χ3v) is 2.36. The zero-order valence-corrected chi connectivity index (χ0v) is 9.60. The van der Waals surface area contributed by atoms with E-state index in [0.29, 0.717) is 17.7 Å². The molecule has 0 bridgehead atoms. The maximum Gasteiger partial charge on any atom is 0.257 e. The van der Waals surface area contributed by atoms with Gasteiger partial charge in [-0.05, 0) is 19.9 Å². The largest absolute Gasteiger partial charge is 0.339 e. The maximum atomic E-state index is 12.0. The van der Waals surface area contributed by atoms with Gasteiger partial charge in [-0.3, -0.25) is 14.6 Å². The highest BCUT2D eigenvalue weighted by Crippen LogP contribution is 2.15. The highest BCUT2D eigenvalue weighted by atomic mass is 16.2. The van der Waals surface area contributed by atoms with Crippen LogP contribution in [0, 0.1) is 0 Å². The summed E-state index contributed by atoms with van der Waals surface area (Å²) in [7, 11) is 1.71. The van der Waals surface area contributed by atoms with Crippen molar-refractivity contribution in [2.24, 2.45) is 0 Å². The summed E-state index contributed by atoms with van der Waals surface area (Å²) in [6.45, 7) is 3.84. The van der Waals surface area contributed by atoms with Crippen LogP contribution in [-0.2, 0) is 4.79 Å². The van der Waals surface area contributed by atoms with Crippen molar-refractivity contribution in [2.75, 3.05) is 12.4 Å². The van der Waals surface area contributed by atoms with Crippen LogP contribution >= 0.6 is 0 Å². The Hall–Kier alpha value is -1.91. The second kappa shape index (κ2) is 5.25. The lowest BCUT2D eigenvalue weighted by Gasteiger charge is -2.22. The monoisotopic (exact) mass is 221 g/mol. The summed E-state index contributed by atoms with van der Waals surface area (Å²) in [6, 6.07) is 1.69. The fourth-order valence-corrected chi connectivity index (χ4v) is 1.18. The van der Waals surface area contributed by atoms with Gasteiger partial charge in [-0.1, -0.05) is 0 Å². The average Bonchev–Trinajstić information content (AvgIpc) is 2.28. The maximum absolute atomic E-state index is 12.0. The van der Waals surface area contributed by atoms with Crippen molar-refractivity contribution < 1.29 is 9.59 Å². The number of pyridine rings is 1. The van der Waals surface area contributed by atoms with Crippen LogP contribution in [0.3, 0.4) is 0 Å². The second-order valence-electron chi connectivity index (χ2n) is 3.69. The smallest absolute Gasteiger partial charge is 0.257 e. The normalized spacial score (nSPS) is 10.0. The number of hydrogen-bond acceptors (Lipinski definition) is 3. The Morgan fingerprint density at radius 3 is 2.81 bits per heavy atom. The van der Waals surface area contributed by atoms with E-state index in [2.05, 4.69) is 10.3 Å². The van der Waals surface area contributed by atoms with Crippen LogP contribution in [0.25, 0.3) is 0 Å². The minimum absolute atomic E-state index is 0.0942. The predicted octanol–water partition coefficient (Wildman–Crippen LogP) is 1.13. The van der Waals surface area contributed by atoms with Gasteiger partial charge in [-0.15, -0.1) is 0 Å². The zero-order chi connectivity index (χ0) is 12.1. The van der Waals surface area contributed by atoms with Crippen LogP contribution < -0.4 is 5.32 Å². The van der Waals surface area contributed by atoms with Crippen LogP contribution in [0.15, 0.2) is 18.5 Å². The molecule has 0 saturated heterocycles. The quantitative estimate of drug-likeness (QED) is 0.775. The zero-order valence-electron chi connectivity index (χ0n) is 9.60. The third kappa shape index (κ3) is 2.56. The van der Waals surface area contributed by atoms with Crippen molar-refractivity contribution in [1.29, 1.82) is 0 Å². The second-order valence-corrected chi connectivity index (χ2v) is 3.69. The molecule has 0 aliphatic heterocycles. The molecule has 1 rings (SSSR count). The van der Waals surface area contributed by atoms with Gasteiger partial charge in [-0.2, -0.15) is 0 Å². The van der Waals surface area contributed by atoms with E-state index in [-0.39, 0.29) is 11.9 Å². The van der Waals surface area contributed by atoms with Gasteiger partial charge in [0, 0.05) is 25.5 Å². The van der Waals surface area contributed by atoms with Crippen molar-refractivity contribution in [3.05, 3.63) is 24.0 Å². The van der Waals surface area contributed by atoms with E-state index < -0.39 is 0 Å². The Balaban J connectivity index is 3.02. The molecule has 5 nitrogen and oxygen atoms in total. The Labute approximate surface area is 94.5 Å². The van der Waals surface area contributed by atoms with Crippen LogP contribution in [0.5, 0.6) is 0 Å². The minimum atomic E-state index is -0.160. The number of anilines is 1. The number of aromatic nitrogens is 1. The first-order valence-corrected chi connectivity index (χ1v) is 4.99. The molecule has 0 fully saturated rings. The van der Waals surface area contributed by atoms with Gasteiger partial charge in [0.1, 0.15) is 0 Å². The molecular weight excluding hydrogens is 206 g/mol. The number of carbonyl (C=O) groups is 2. The highest BCUT2D eigenvalue weighted by Gasteiger charge is 2.17. The fraction of sp³-hybridized carbons (Fsp3) is 0.364. The standard InChI is InChI=1S/C11H15N3O2/c1-8(2)14(3)11(16)9-6-12-5-4-10(9)13-7-15/h4-8H,1-3H3,(H,12,13,15). The Morgan fingerprint density at radius 1 is 1.56 bits per heavy atom. The molecule has 0 spiro atoms. The molecule has 0 aromatic carbocycles. The first-order valence-electron chi connectivity index (χ1n) is 4.99. The number of hydrogen-bond donors (Lipinski definition) is 1. The number of carbonyl (C=O) groups excluding carboxylic acids is 2. The molecule has 0 aliphatic rings. The van der Waals surface area contributed by atoms with Crippen molar-refractivity contribution in [3.8, 4) is 0 Å². The molecule has 2 amide bonds. The SMILES string of the molecule is CC(C)N(C)C(=O)c1cnccc1NC=O. The van der Waals surface area contributed by atoms with E-state index in [1.807, 2.05) is 13.8 Å². The van der Waals surface area contributed by atoms with Crippen molar-refractivity contribution >= 4 is 18.0 Å². The number of nitrogens with zero attached hydrogens (tertiary/aromatic N) is 2. The lowest BCUT2D eigenvalue weighted by atomic mass is 10.2. The van der Waals surface area contributed by atoms with Gasteiger partial charge in [-0.25, -0.2) is 0 Å². The molecule has 0 radical (unpaired) electrons. The van der Waals surface area contributed by atoms with Crippen molar-refractivity contribution in [3.63, 3.8) is 0 Å². The van der Waals surface area contributed by atoms with Gasteiger partial charge >= 0.3 is 0 Å². The molecule has 16 heavy (non-hydrogen) atoms. The minimum Gasteiger partial charge on any atom is -0.339 e. The lowest BCUT2D eigenvalue weighted by Crippen LogP contribution is -2.33. The Kier molecular flexibility index (Phi) is 3.99. The third-order valence-electron chi connectivity index (χ3n) is 2.36. The van der Waals surface area contributed by atoms with Crippen LogP contribution in [0.4, 0.5) is 5.69 Å². The summed E-state index contributed by atoms with van der Waals surface area (Å²) in [5.74, 6) is -0.160. The average molecular weight is 221 g/mol. The van der Waals surface area contributed by atoms with E-state index in [1.54, 1.807) is 18.0 Å². The molecule has 86 valence electrons. The first kappa shape index (κ1) is 12.2.